The van der Waals surface area contributed by atoms with Gasteiger partial charge in [-0.3, -0.25) is 4.79 Å². The van der Waals surface area contributed by atoms with Crippen LogP contribution in [-0.2, 0) is 0 Å². The van der Waals surface area contributed by atoms with Crippen molar-refractivity contribution >= 4 is 50.6 Å². The second-order valence-electron chi connectivity index (χ2n) is 5.38. The lowest BCUT2D eigenvalue weighted by molar-refractivity contribution is 0.0932. The van der Waals surface area contributed by atoms with Crippen molar-refractivity contribution in [3.63, 3.8) is 0 Å². The molecule has 0 radical (unpaired) electrons. The van der Waals surface area contributed by atoms with Crippen LogP contribution in [0, 0.1) is 5.92 Å². The second-order valence-corrected chi connectivity index (χ2v) is 7.17. The molecule has 1 aliphatic carbocycles. The van der Waals surface area contributed by atoms with E-state index >= 15 is 0 Å². The molecular weight excluding hydrogens is 372 g/mol. The number of halogens is 2. The number of thiocarbonyl (C=S) groups is 1. The van der Waals surface area contributed by atoms with E-state index in [0.29, 0.717) is 21.5 Å². The average molecular weight is 390 g/mol. The highest BCUT2D eigenvalue weighted by molar-refractivity contribution is 9.10. The minimum Gasteiger partial charge on any atom is -0.392 e. The molecule has 0 heterocycles. The predicted octanol–water partition coefficient (Wildman–Crippen LogP) is 4.07. The van der Waals surface area contributed by atoms with Gasteiger partial charge in [0.1, 0.15) is 0 Å². The molecule has 0 saturated heterocycles. The van der Waals surface area contributed by atoms with E-state index in [4.69, 9.17) is 29.6 Å². The van der Waals surface area contributed by atoms with E-state index in [9.17, 15) is 4.79 Å². The number of hydrogen-bond donors (Lipinski definition) is 2. The number of rotatable bonds is 4. The molecule has 6 heteroatoms. The Balaban J connectivity index is 2.12. The fourth-order valence-electron chi connectivity index (χ4n) is 2.78. The molecule has 1 atom stereocenters. The van der Waals surface area contributed by atoms with Crippen LogP contribution in [0.1, 0.15) is 42.5 Å². The molecule has 3 N–H and O–H groups in total. The first kappa shape index (κ1) is 16.7. The average Bonchev–Trinajstić information content (AvgIpc) is 2.45. The van der Waals surface area contributed by atoms with E-state index in [1.807, 2.05) is 0 Å². The highest BCUT2D eigenvalue weighted by Crippen LogP contribution is 2.27. The van der Waals surface area contributed by atoms with Gasteiger partial charge in [0.25, 0.3) is 5.91 Å². The maximum Gasteiger partial charge on any atom is 0.253 e. The lowest BCUT2D eigenvalue weighted by atomic mass is 9.83. The Kier molecular flexibility index (Phi) is 6.02. The van der Waals surface area contributed by atoms with Crippen LogP contribution >= 0.6 is 39.7 Å². The van der Waals surface area contributed by atoms with Crippen LogP contribution in [0.5, 0.6) is 0 Å². The summed E-state index contributed by atoms with van der Waals surface area (Å²) in [7, 11) is 0. The number of nitrogens with one attached hydrogen (secondary N) is 1. The number of carbonyl (C=O) groups excluding carboxylic acids is 1. The van der Waals surface area contributed by atoms with Crippen LogP contribution in [0.3, 0.4) is 0 Å². The molecule has 0 aliphatic heterocycles. The van der Waals surface area contributed by atoms with Crippen LogP contribution in [0.2, 0.25) is 5.02 Å². The molecular formula is C15H18BrClN2OS. The Labute approximate surface area is 143 Å². The molecule has 1 aromatic rings. The molecule has 1 saturated carbocycles. The minimum atomic E-state index is -0.257. The quantitative estimate of drug-likeness (QED) is 0.763. The van der Waals surface area contributed by atoms with Gasteiger partial charge >= 0.3 is 0 Å². The van der Waals surface area contributed by atoms with E-state index in [1.165, 1.54) is 19.3 Å². The van der Waals surface area contributed by atoms with E-state index in [0.717, 1.165) is 17.3 Å². The highest BCUT2D eigenvalue weighted by atomic mass is 79.9. The Morgan fingerprint density at radius 3 is 2.62 bits per heavy atom. The maximum absolute atomic E-state index is 12.4. The number of hydrogen-bond acceptors (Lipinski definition) is 2. The van der Waals surface area contributed by atoms with Crippen molar-refractivity contribution in [3.8, 4) is 0 Å². The largest absolute Gasteiger partial charge is 0.392 e. The Morgan fingerprint density at radius 2 is 2.05 bits per heavy atom. The second kappa shape index (κ2) is 7.56. The molecule has 21 heavy (non-hydrogen) atoms. The van der Waals surface area contributed by atoms with Crippen molar-refractivity contribution in [1.29, 1.82) is 0 Å². The topological polar surface area (TPSA) is 55.1 Å². The Bertz CT molecular complexity index is 546. The summed E-state index contributed by atoms with van der Waals surface area (Å²) in [4.78, 5) is 12.8. The zero-order chi connectivity index (χ0) is 15.4. The van der Waals surface area contributed by atoms with Gasteiger partial charge < -0.3 is 11.1 Å². The molecule has 1 unspecified atom stereocenters. The summed E-state index contributed by atoms with van der Waals surface area (Å²) in [6, 6.07) is 4.93. The van der Waals surface area contributed by atoms with Gasteiger partial charge in [-0.1, -0.05) is 59.0 Å². The molecule has 2 rings (SSSR count). The number of carbonyl (C=O) groups is 1. The number of benzene rings is 1. The lowest BCUT2D eigenvalue weighted by Gasteiger charge is -2.30. The van der Waals surface area contributed by atoms with Gasteiger partial charge in [-0.25, -0.2) is 0 Å². The zero-order valence-corrected chi connectivity index (χ0v) is 14.7. The van der Waals surface area contributed by atoms with Gasteiger partial charge in [-0.15, -0.1) is 0 Å². The fourth-order valence-corrected chi connectivity index (χ4v) is 3.79. The molecule has 1 amide bonds. The van der Waals surface area contributed by atoms with Crippen molar-refractivity contribution in [3.05, 3.63) is 33.3 Å². The van der Waals surface area contributed by atoms with Crippen molar-refractivity contribution in [2.45, 2.75) is 38.1 Å². The van der Waals surface area contributed by atoms with Gasteiger partial charge in [0.15, 0.2) is 0 Å². The maximum atomic E-state index is 12.4. The summed E-state index contributed by atoms with van der Waals surface area (Å²) < 4.78 is 0.835. The third-order valence-corrected chi connectivity index (χ3v) is 4.95. The first-order chi connectivity index (χ1) is 9.99. The first-order valence-corrected chi connectivity index (χ1v) is 8.62. The summed E-state index contributed by atoms with van der Waals surface area (Å²) in [6.45, 7) is 0. The first-order valence-electron chi connectivity index (χ1n) is 7.04. The summed E-state index contributed by atoms with van der Waals surface area (Å²) in [5.41, 5.74) is 6.27. The normalized spacial score (nSPS) is 17.2. The molecule has 0 bridgehead atoms. The van der Waals surface area contributed by atoms with Crippen LogP contribution in [0.4, 0.5) is 0 Å². The van der Waals surface area contributed by atoms with Gasteiger partial charge in [-0.2, -0.15) is 0 Å². The summed E-state index contributed by atoms with van der Waals surface area (Å²) in [5, 5.41) is 3.37. The highest BCUT2D eigenvalue weighted by Gasteiger charge is 2.28. The van der Waals surface area contributed by atoms with Crippen LogP contribution in [0.25, 0.3) is 0 Å². The molecule has 0 aromatic heterocycles. The van der Waals surface area contributed by atoms with Crippen LogP contribution in [-0.4, -0.2) is 16.9 Å². The number of nitrogens with two attached hydrogens (primary N) is 1. The standard InChI is InChI=1S/C15H18BrClN2OS/c16-10-6-7-11(12(17)8-10)15(20)19-13(14(18)21)9-4-2-1-3-5-9/h6-9,13H,1-5H2,(H2,18,21)(H,19,20). The zero-order valence-electron chi connectivity index (χ0n) is 11.6. The monoisotopic (exact) mass is 388 g/mol. The number of amides is 1. The van der Waals surface area contributed by atoms with E-state index in [-0.39, 0.29) is 11.9 Å². The fraction of sp³-hybridized carbons (Fsp3) is 0.467. The molecule has 1 aromatic carbocycles. The van der Waals surface area contributed by atoms with E-state index in [1.54, 1.807) is 18.2 Å². The van der Waals surface area contributed by atoms with Crippen LogP contribution < -0.4 is 11.1 Å². The van der Waals surface area contributed by atoms with Crippen LogP contribution in [0.15, 0.2) is 22.7 Å². The van der Waals surface area contributed by atoms with Gasteiger partial charge in [0.05, 0.1) is 21.6 Å². The van der Waals surface area contributed by atoms with Crippen molar-refractivity contribution in [2.24, 2.45) is 11.7 Å². The molecule has 3 nitrogen and oxygen atoms in total. The minimum absolute atomic E-state index is 0.226. The summed E-state index contributed by atoms with van der Waals surface area (Å²) in [6.07, 6.45) is 5.68. The third-order valence-electron chi connectivity index (χ3n) is 3.89. The lowest BCUT2D eigenvalue weighted by Crippen LogP contribution is -2.48. The molecule has 114 valence electrons. The van der Waals surface area contributed by atoms with Gasteiger partial charge in [-0.05, 0) is 37.0 Å². The van der Waals surface area contributed by atoms with E-state index < -0.39 is 0 Å². The van der Waals surface area contributed by atoms with Gasteiger partial charge in [0, 0.05) is 4.47 Å². The summed E-state index contributed by atoms with van der Waals surface area (Å²) >= 11 is 14.6. The third kappa shape index (κ3) is 4.41. The molecule has 1 fully saturated rings. The molecule has 1 aliphatic rings. The SMILES string of the molecule is NC(=S)C(NC(=O)c1ccc(Br)cc1Cl)C1CCCCC1. The summed E-state index contributed by atoms with van der Waals surface area (Å²) in [5.74, 6) is 0.102. The Hall–Kier alpha value is -0.650. The molecule has 0 spiro atoms. The predicted molar refractivity (Wildman–Crippen MR) is 93.8 cm³/mol. The van der Waals surface area contributed by atoms with Gasteiger partial charge in [0.2, 0.25) is 0 Å². The van der Waals surface area contributed by atoms with E-state index in [2.05, 4.69) is 21.2 Å². The smallest absolute Gasteiger partial charge is 0.253 e. The van der Waals surface area contributed by atoms with Crippen molar-refractivity contribution < 1.29 is 4.79 Å². The Morgan fingerprint density at radius 1 is 1.38 bits per heavy atom. The van der Waals surface area contributed by atoms with Crippen molar-refractivity contribution in [2.75, 3.05) is 0 Å². The van der Waals surface area contributed by atoms with Crippen molar-refractivity contribution in [1.82, 2.24) is 5.32 Å².